The van der Waals surface area contributed by atoms with Gasteiger partial charge in [0.05, 0.1) is 5.56 Å². The van der Waals surface area contributed by atoms with Gasteiger partial charge < -0.3 is 26.9 Å². The minimum Gasteiger partial charge on any atom is -0.542 e. The van der Waals surface area contributed by atoms with Crippen LogP contribution in [-0.2, 0) is 28.5 Å². The number of anilines is 1. The van der Waals surface area contributed by atoms with Crippen LogP contribution in [0.2, 0.25) is 0 Å². The second kappa shape index (κ2) is 26.6. The maximum Gasteiger partial charge on any atom is 2.00 e. The Bertz CT molecular complexity index is 1020. The summed E-state index contributed by atoms with van der Waals surface area (Å²) < 4.78 is 44.8. The number of ether oxygens (including phenoxy) is 1. The number of phenolic OH excluding ortho intramolecular Hbond substituents is 1. The van der Waals surface area contributed by atoms with Crippen molar-refractivity contribution in [3.63, 3.8) is 0 Å². The zero-order valence-corrected chi connectivity index (χ0v) is 31.9. The van der Waals surface area contributed by atoms with Crippen molar-refractivity contribution in [3.8, 4) is 17.0 Å². The van der Waals surface area contributed by atoms with Gasteiger partial charge in [0.25, 0.3) is 0 Å². The van der Waals surface area contributed by atoms with Crippen molar-refractivity contribution in [1.82, 2.24) is 10.2 Å². The summed E-state index contributed by atoms with van der Waals surface area (Å²) in [4.78, 5) is 9.28. The summed E-state index contributed by atoms with van der Waals surface area (Å²) in [6, 6.07) is 3.31. The molecule has 0 unspecified atom stereocenters. The average Bonchev–Trinajstić information content (AvgIpc) is 2.99. The van der Waals surface area contributed by atoms with E-state index in [1.807, 2.05) is 6.92 Å². The van der Waals surface area contributed by atoms with Crippen LogP contribution in [-0.4, -0.2) is 41.3 Å². The van der Waals surface area contributed by atoms with E-state index < -0.39 is 17.5 Å². The molecule has 0 aliphatic rings. The van der Waals surface area contributed by atoms with E-state index in [4.69, 9.17) is 4.74 Å². The van der Waals surface area contributed by atoms with Gasteiger partial charge in [0.15, 0.2) is 5.82 Å². The fourth-order valence-electron chi connectivity index (χ4n) is 4.52. The second-order valence-corrected chi connectivity index (χ2v) is 10.3. The van der Waals surface area contributed by atoms with E-state index in [9.17, 15) is 23.1 Å². The van der Waals surface area contributed by atoms with E-state index in [2.05, 4.69) is 43.2 Å². The molecular formula is C34H54F3N3O3U. The standard InChI is InChI=1S/C28H42F3N3O2.C4H7O.C2H5.U/c1-5-8-10-11-13-21(7-3)32-27-23(14-9-6-2)22(15-12-18-36-4)26(33-34-27)24-17-16-20(19-25(24)35)28(29,30)31;1-2-3-4-5;1-2;/h16-17,19,21,35H,5-15,18H2,1-4H3,(H,32,34);2-3H2,1H3;1H2,2H3;/q;2*-1;+2/t21-;;;/m0.../s1. The molecular weight excluding hydrogens is 793 g/mol. The number of carbonyl (C=O) groups excluding carboxylic acids is 1. The molecule has 0 radical (unpaired) electrons. The number of nitrogens with zero attached hydrogens (tertiary/aromatic N) is 2. The van der Waals surface area contributed by atoms with E-state index >= 15 is 0 Å². The van der Waals surface area contributed by atoms with Gasteiger partial charge in [-0.25, -0.2) is 0 Å². The third-order valence-electron chi connectivity index (χ3n) is 6.91. The molecule has 0 aliphatic carbocycles. The minimum absolute atomic E-state index is 0. The number of halogens is 3. The summed E-state index contributed by atoms with van der Waals surface area (Å²) in [5.41, 5.74) is 1.75. The Labute approximate surface area is 288 Å². The third kappa shape index (κ3) is 16.6. The van der Waals surface area contributed by atoms with Crippen molar-refractivity contribution in [2.45, 2.75) is 130 Å². The molecule has 44 heavy (non-hydrogen) atoms. The van der Waals surface area contributed by atoms with Crippen LogP contribution in [0.3, 0.4) is 0 Å². The average molecular weight is 848 g/mol. The summed E-state index contributed by atoms with van der Waals surface area (Å²) in [5, 5.41) is 23.1. The minimum atomic E-state index is -4.53. The van der Waals surface area contributed by atoms with Crippen LogP contribution in [0.1, 0.15) is 122 Å². The molecule has 2 aromatic rings. The van der Waals surface area contributed by atoms with Gasteiger partial charge in [0.2, 0.25) is 0 Å². The fraction of sp³-hybridized carbons (Fsp3) is 0.647. The van der Waals surface area contributed by atoms with Crippen LogP contribution in [0.5, 0.6) is 5.75 Å². The van der Waals surface area contributed by atoms with Gasteiger partial charge in [-0.3, -0.25) is 6.29 Å². The van der Waals surface area contributed by atoms with E-state index in [0.29, 0.717) is 25.1 Å². The van der Waals surface area contributed by atoms with Gasteiger partial charge in [0, 0.05) is 30.9 Å². The smallest absolute Gasteiger partial charge is 0.542 e. The number of rotatable bonds is 18. The molecule has 2 rings (SSSR count). The van der Waals surface area contributed by atoms with Crippen molar-refractivity contribution >= 4 is 12.1 Å². The van der Waals surface area contributed by atoms with Crippen LogP contribution < -0.4 is 5.32 Å². The summed E-state index contributed by atoms with van der Waals surface area (Å²) in [5.74, 6) is 0.296. The Morgan fingerprint density at radius 1 is 0.955 bits per heavy atom. The van der Waals surface area contributed by atoms with Crippen LogP contribution in [0.15, 0.2) is 18.2 Å². The molecule has 0 amide bonds. The van der Waals surface area contributed by atoms with Crippen molar-refractivity contribution in [3.05, 3.63) is 41.8 Å². The first-order valence-electron chi connectivity index (χ1n) is 15.8. The Hall–Kier alpha value is -1.63. The maximum atomic E-state index is 13.2. The first-order valence-corrected chi connectivity index (χ1v) is 15.8. The van der Waals surface area contributed by atoms with E-state index in [1.54, 1.807) is 20.3 Å². The number of aromatic nitrogens is 2. The normalized spacial score (nSPS) is 11.3. The fourth-order valence-corrected chi connectivity index (χ4v) is 4.52. The quantitative estimate of drug-likeness (QED) is 0.115. The maximum absolute atomic E-state index is 13.2. The van der Waals surface area contributed by atoms with Gasteiger partial charge in [-0.05, 0) is 62.3 Å². The molecule has 1 aromatic carbocycles. The Kier molecular flexibility index (Phi) is 26.9. The Morgan fingerprint density at radius 2 is 1.61 bits per heavy atom. The zero-order valence-electron chi connectivity index (χ0n) is 27.7. The number of unbranched alkanes of at least 4 members (excludes halogenated alkanes) is 5. The van der Waals surface area contributed by atoms with Crippen LogP contribution >= 0.6 is 0 Å². The van der Waals surface area contributed by atoms with Crippen LogP contribution in [0.4, 0.5) is 19.0 Å². The molecule has 1 aromatic heterocycles. The van der Waals surface area contributed by atoms with Crippen LogP contribution in [0.25, 0.3) is 11.3 Å². The molecule has 2 N–H and O–H groups in total. The summed E-state index contributed by atoms with van der Waals surface area (Å²) in [6.07, 6.45) is 9.59. The molecule has 248 valence electrons. The molecule has 0 bridgehead atoms. The van der Waals surface area contributed by atoms with E-state index in [-0.39, 0.29) is 42.7 Å². The van der Waals surface area contributed by atoms with Crippen molar-refractivity contribution < 1.29 is 58.9 Å². The SMILES string of the molecule is CCCCCC[C@H](CC)Nc1nnc(-c2ccc(C(F)(F)F)cc2O)c(CCCOC)c1CCCC.CCC[C-]=O.[CH2-]C.[U+2]. The number of alkyl halides is 3. The third-order valence-corrected chi connectivity index (χ3v) is 6.91. The number of benzene rings is 1. The molecule has 0 saturated heterocycles. The molecule has 1 atom stereocenters. The van der Waals surface area contributed by atoms with Gasteiger partial charge >= 0.3 is 37.3 Å². The number of hydrogen-bond acceptors (Lipinski definition) is 6. The Balaban J connectivity index is 0. The number of aromatic hydroxyl groups is 1. The summed E-state index contributed by atoms with van der Waals surface area (Å²) in [7, 11) is 1.64. The van der Waals surface area contributed by atoms with Crippen LogP contribution in [0, 0.1) is 38.0 Å². The van der Waals surface area contributed by atoms with E-state index in [0.717, 1.165) is 80.4 Å². The molecule has 1 heterocycles. The Morgan fingerprint density at radius 3 is 2.11 bits per heavy atom. The number of methoxy groups -OCH3 is 1. The molecule has 0 fully saturated rings. The number of phenols is 1. The largest absolute Gasteiger partial charge is 2.00 e. The first kappa shape index (κ1) is 44.5. The van der Waals surface area contributed by atoms with Gasteiger partial charge in [-0.2, -0.15) is 26.5 Å². The van der Waals surface area contributed by atoms with Crippen molar-refractivity contribution in [2.24, 2.45) is 0 Å². The van der Waals surface area contributed by atoms with Crippen molar-refractivity contribution in [2.75, 3.05) is 19.0 Å². The van der Waals surface area contributed by atoms with Crippen molar-refractivity contribution in [1.29, 1.82) is 0 Å². The molecule has 0 saturated carbocycles. The van der Waals surface area contributed by atoms with Gasteiger partial charge in [-0.1, -0.05) is 66.2 Å². The molecule has 6 nitrogen and oxygen atoms in total. The first-order chi connectivity index (χ1) is 20.7. The monoisotopic (exact) mass is 847 g/mol. The number of nitrogens with one attached hydrogen (secondary N) is 1. The van der Waals surface area contributed by atoms with Gasteiger partial charge in [0.1, 0.15) is 11.4 Å². The summed E-state index contributed by atoms with van der Waals surface area (Å²) in [6.45, 7) is 14.0. The topological polar surface area (TPSA) is 84.3 Å². The predicted octanol–water partition coefficient (Wildman–Crippen LogP) is 9.69. The molecule has 0 spiro atoms. The summed E-state index contributed by atoms with van der Waals surface area (Å²) >= 11 is 0. The second-order valence-electron chi connectivity index (χ2n) is 10.3. The molecule has 0 aliphatic heterocycles. The van der Waals surface area contributed by atoms with E-state index in [1.165, 1.54) is 25.3 Å². The zero-order chi connectivity index (χ0) is 32.7. The van der Waals surface area contributed by atoms with Gasteiger partial charge in [-0.15, -0.1) is 10.2 Å². The molecule has 10 heteroatoms. The predicted molar refractivity (Wildman–Crippen MR) is 171 cm³/mol. The number of hydrogen-bond donors (Lipinski definition) is 2.